The lowest BCUT2D eigenvalue weighted by atomic mass is 9.87. The molecule has 0 spiro atoms. The molecule has 3 atom stereocenters. The second-order valence-electron chi connectivity index (χ2n) is 5.94. The van der Waals surface area contributed by atoms with Crippen LogP contribution >= 0.6 is 11.6 Å². The van der Waals surface area contributed by atoms with E-state index in [0.717, 1.165) is 32.1 Å². The summed E-state index contributed by atoms with van der Waals surface area (Å²) in [5.74, 6) is 0.564. The van der Waals surface area contributed by atoms with Crippen LogP contribution in [0.1, 0.15) is 58.3 Å². The highest BCUT2D eigenvalue weighted by molar-refractivity contribution is 6.20. The van der Waals surface area contributed by atoms with Crippen molar-refractivity contribution in [3.05, 3.63) is 0 Å². The monoisotopic (exact) mass is 288 g/mol. The van der Waals surface area contributed by atoms with Crippen molar-refractivity contribution < 1.29 is 9.53 Å². The van der Waals surface area contributed by atoms with Crippen LogP contribution in [0.15, 0.2) is 0 Å². The zero-order valence-electron chi connectivity index (χ0n) is 11.7. The summed E-state index contributed by atoms with van der Waals surface area (Å²) >= 11 is 6.25. The molecule has 2 rings (SSSR count). The lowest BCUT2D eigenvalue weighted by Crippen LogP contribution is -2.48. The molecule has 110 valence electrons. The Kier molecular flexibility index (Phi) is 5.76. The molecule has 4 nitrogen and oxygen atoms in total. The summed E-state index contributed by atoms with van der Waals surface area (Å²) in [5, 5.41) is 0.197. The highest BCUT2D eigenvalue weighted by Crippen LogP contribution is 2.28. The van der Waals surface area contributed by atoms with Gasteiger partial charge in [-0.15, -0.1) is 11.6 Å². The van der Waals surface area contributed by atoms with Crippen LogP contribution in [0.5, 0.6) is 0 Å². The summed E-state index contributed by atoms with van der Waals surface area (Å²) in [6.45, 7) is 2.18. The zero-order valence-corrected chi connectivity index (χ0v) is 12.4. The highest BCUT2D eigenvalue weighted by atomic mass is 35.5. The number of hydrogen-bond donors (Lipinski definition) is 2. The molecular formula is C14H25ClN2O2. The topological polar surface area (TPSA) is 50.4 Å². The third kappa shape index (κ3) is 4.84. The zero-order chi connectivity index (χ0) is 13.7. The van der Waals surface area contributed by atoms with Gasteiger partial charge in [-0.3, -0.25) is 5.43 Å². The largest absolute Gasteiger partial charge is 0.445 e. The maximum atomic E-state index is 11.7. The first-order valence-electron chi connectivity index (χ1n) is 7.51. The molecule has 0 aromatic rings. The minimum absolute atomic E-state index is 0.0997. The molecule has 0 aromatic carbocycles. The van der Waals surface area contributed by atoms with Gasteiger partial charge < -0.3 is 4.74 Å². The number of amides is 1. The second-order valence-corrected chi connectivity index (χ2v) is 6.50. The van der Waals surface area contributed by atoms with Crippen LogP contribution in [0.2, 0.25) is 0 Å². The summed E-state index contributed by atoms with van der Waals surface area (Å²) < 4.78 is 5.38. The van der Waals surface area contributed by atoms with Gasteiger partial charge in [-0.2, -0.15) is 0 Å². The van der Waals surface area contributed by atoms with E-state index in [4.69, 9.17) is 16.3 Å². The average molecular weight is 289 g/mol. The number of carbonyl (C=O) groups excluding carboxylic acids is 1. The van der Waals surface area contributed by atoms with Gasteiger partial charge in [0.05, 0.1) is 0 Å². The third-order valence-electron chi connectivity index (χ3n) is 4.30. The quantitative estimate of drug-likeness (QED) is 0.618. The fourth-order valence-corrected chi connectivity index (χ4v) is 3.26. The SMILES string of the molecule is CC1CCC(NNC(=O)OC2CCCCC2)CC1Cl. The number of carbonyl (C=O) groups is 1. The molecule has 2 saturated carbocycles. The van der Waals surface area contributed by atoms with Gasteiger partial charge in [0.25, 0.3) is 0 Å². The molecule has 0 heterocycles. The Balaban J connectivity index is 1.63. The molecule has 0 radical (unpaired) electrons. The highest BCUT2D eigenvalue weighted by Gasteiger charge is 2.26. The van der Waals surface area contributed by atoms with E-state index in [0.29, 0.717) is 5.92 Å². The molecular weight excluding hydrogens is 264 g/mol. The number of alkyl halides is 1. The van der Waals surface area contributed by atoms with Crippen molar-refractivity contribution in [2.24, 2.45) is 5.92 Å². The van der Waals surface area contributed by atoms with E-state index in [1.807, 2.05) is 0 Å². The van der Waals surface area contributed by atoms with Crippen LogP contribution in [0.4, 0.5) is 4.79 Å². The van der Waals surface area contributed by atoms with Crippen LogP contribution in [-0.2, 0) is 4.74 Å². The van der Waals surface area contributed by atoms with Crippen molar-refractivity contribution >= 4 is 17.7 Å². The lowest BCUT2D eigenvalue weighted by Gasteiger charge is -2.31. The van der Waals surface area contributed by atoms with Gasteiger partial charge in [0.2, 0.25) is 0 Å². The van der Waals surface area contributed by atoms with Crippen molar-refractivity contribution in [2.75, 3.05) is 0 Å². The molecule has 2 aliphatic carbocycles. The number of ether oxygens (including phenoxy) is 1. The second kappa shape index (κ2) is 7.34. The molecule has 19 heavy (non-hydrogen) atoms. The predicted molar refractivity (Wildman–Crippen MR) is 76.1 cm³/mol. The van der Waals surface area contributed by atoms with E-state index in [1.54, 1.807) is 0 Å². The van der Waals surface area contributed by atoms with E-state index in [1.165, 1.54) is 19.3 Å². The summed E-state index contributed by atoms with van der Waals surface area (Å²) in [7, 11) is 0. The summed E-state index contributed by atoms with van der Waals surface area (Å²) in [6, 6.07) is 0.262. The van der Waals surface area contributed by atoms with E-state index in [-0.39, 0.29) is 23.6 Å². The van der Waals surface area contributed by atoms with Crippen LogP contribution in [0.3, 0.4) is 0 Å². The summed E-state index contributed by atoms with van der Waals surface area (Å²) in [4.78, 5) is 11.7. The third-order valence-corrected chi connectivity index (χ3v) is 4.91. The first kappa shape index (κ1) is 14.9. The Morgan fingerprint density at radius 1 is 1.16 bits per heavy atom. The Morgan fingerprint density at radius 3 is 2.58 bits per heavy atom. The number of hydrogen-bond acceptors (Lipinski definition) is 3. The molecule has 0 aliphatic heterocycles. The van der Waals surface area contributed by atoms with Gasteiger partial charge in [-0.1, -0.05) is 13.3 Å². The minimum atomic E-state index is -0.350. The van der Waals surface area contributed by atoms with Gasteiger partial charge >= 0.3 is 6.09 Å². The molecule has 2 aliphatic rings. The van der Waals surface area contributed by atoms with Crippen molar-refractivity contribution in [1.82, 2.24) is 10.9 Å². The molecule has 0 aromatic heterocycles. The van der Waals surface area contributed by atoms with Crippen LogP contribution < -0.4 is 10.9 Å². The van der Waals surface area contributed by atoms with Crippen molar-refractivity contribution in [3.8, 4) is 0 Å². The van der Waals surface area contributed by atoms with Crippen LogP contribution in [-0.4, -0.2) is 23.6 Å². The Bertz CT molecular complexity index is 295. The Hall–Kier alpha value is -0.480. The van der Waals surface area contributed by atoms with Crippen molar-refractivity contribution in [1.29, 1.82) is 0 Å². The Morgan fingerprint density at radius 2 is 1.89 bits per heavy atom. The maximum absolute atomic E-state index is 11.7. The fraction of sp³-hybridized carbons (Fsp3) is 0.929. The minimum Gasteiger partial charge on any atom is -0.445 e. The molecule has 0 saturated heterocycles. The van der Waals surface area contributed by atoms with Gasteiger partial charge in [-0.05, 0) is 50.9 Å². The first-order valence-corrected chi connectivity index (χ1v) is 7.95. The van der Waals surface area contributed by atoms with E-state index in [9.17, 15) is 4.79 Å². The van der Waals surface area contributed by atoms with E-state index >= 15 is 0 Å². The van der Waals surface area contributed by atoms with E-state index in [2.05, 4.69) is 17.8 Å². The predicted octanol–water partition coefficient (Wildman–Crippen LogP) is 3.35. The van der Waals surface area contributed by atoms with Gasteiger partial charge in [-0.25, -0.2) is 10.2 Å². The molecule has 5 heteroatoms. The summed E-state index contributed by atoms with van der Waals surface area (Å²) in [6.07, 6.45) is 8.39. The van der Waals surface area contributed by atoms with Gasteiger partial charge in [0.1, 0.15) is 6.10 Å². The first-order chi connectivity index (χ1) is 9.15. The molecule has 0 bridgehead atoms. The normalized spacial score (nSPS) is 32.8. The van der Waals surface area contributed by atoms with Gasteiger partial charge in [0.15, 0.2) is 0 Å². The fourth-order valence-electron chi connectivity index (χ4n) is 2.92. The molecule has 3 unspecified atom stereocenters. The van der Waals surface area contributed by atoms with Crippen molar-refractivity contribution in [3.63, 3.8) is 0 Å². The van der Waals surface area contributed by atoms with Crippen molar-refractivity contribution in [2.45, 2.75) is 75.8 Å². The standard InChI is InChI=1S/C14H25ClN2O2/c1-10-7-8-11(9-13(10)15)16-17-14(18)19-12-5-3-2-4-6-12/h10-13,16H,2-9H2,1H3,(H,17,18). The lowest BCUT2D eigenvalue weighted by molar-refractivity contribution is 0.0702. The Labute approximate surface area is 120 Å². The molecule has 2 N–H and O–H groups in total. The summed E-state index contributed by atoms with van der Waals surface area (Å²) in [5.41, 5.74) is 5.72. The smallest absolute Gasteiger partial charge is 0.421 e. The van der Waals surface area contributed by atoms with E-state index < -0.39 is 0 Å². The molecule has 2 fully saturated rings. The maximum Gasteiger partial charge on any atom is 0.421 e. The van der Waals surface area contributed by atoms with Gasteiger partial charge in [0, 0.05) is 11.4 Å². The van der Waals surface area contributed by atoms with Crippen LogP contribution in [0, 0.1) is 5.92 Å². The average Bonchev–Trinajstić information content (AvgIpc) is 2.41. The molecule has 1 amide bonds. The number of nitrogens with one attached hydrogen (secondary N) is 2. The number of rotatable bonds is 3. The number of halogens is 1. The number of hydrazine groups is 1. The van der Waals surface area contributed by atoms with Crippen LogP contribution in [0.25, 0.3) is 0 Å².